The summed E-state index contributed by atoms with van der Waals surface area (Å²) >= 11 is 1.51. The van der Waals surface area contributed by atoms with E-state index in [9.17, 15) is 10.4 Å². The average Bonchev–Trinajstić information content (AvgIpc) is 2.29. The molecule has 2 atom stereocenters. The van der Waals surface area contributed by atoms with Gasteiger partial charge in [0.25, 0.3) is 0 Å². The van der Waals surface area contributed by atoms with Crippen molar-refractivity contribution in [3.05, 3.63) is 30.3 Å². The van der Waals surface area contributed by atoms with Crippen LogP contribution in [0.3, 0.4) is 0 Å². The van der Waals surface area contributed by atoms with Gasteiger partial charge in [-0.15, -0.1) is 11.8 Å². The Morgan fingerprint density at radius 1 is 1.22 bits per heavy atom. The number of nitriles is 1. The number of hydrogen-bond acceptors (Lipinski definition) is 3. The van der Waals surface area contributed by atoms with Gasteiger partial charge in [-0.25, -0.2) is 0 Å². The van der Waals surface area contributed by atoms with E-state index in [1.807, 2.05) is 58.0 Å². The van der Waals surface area contributed by atoms with Gasteiger partial charge in [-0.05, 0) is 24.5 Å². The van der Waals surface area contributed by atoms with Gasteiger partial charge in [-0.1, -0.05) is 39.0 Å². The van der Waals surface area contributed by atoms with Crippen molar-refractivity contribution in [2.45, 2.75) is 49.9 Å². The predicted molar refractivity (Wildman–Crippen MR) is 76.4 cm³/mol. The van der Waals surface area contributed by atoms with E-state index in [1.165, 1.54) is 11.8 Å². The van der Waals surface area contributed by atoms with E-state index in [4.69, 9.17) is 0 Å². The van der Waals surface area contributed by atoms with Crippen LogP contribution in [0.1, 0.15) is 34.1 Å². The molecule has 3 heteroatoms. The molecule has 18 heavy (non-hydrogen) atoms. The predicted octanol–water partition coefficient (Wildman–Crippen LogP) is 3.86. The normalized spacial score (nSPS) is 16.7. The Balaban J connectivity index is 2.78. The minimum atomic E-state index is -0.603. The van der Waals surface area contributed by atoms with Crippen LogP contribution >= 0.6 is 11.8 Å². The van der Waals surface area contributed by atoms with E-state index in [0.29, 0.717) is 6.42 Å². The van der Waals surface area contributed by atoms with E-state index in [-0.39, 0.29) is 5.41 Å². The largest absolute Gasteiger partial charge is 0.392 e. The molecule has 0 aliphatic carbocycles. The van der Waals surface area contributed by atoms with Gasteiger partial charge in [0.2, 0.25) is 0 Å². The van der Waals surface area contributed by atoms with E-state index >= 15 is 0 Å². The summed E-state index contributed by atoms with van der Waals surface area (Å²) in [5.41, 5.74) is -0.199. The van der Waals surface area contributed by atoms with Crippen LogP contribution < -0.4 is 0 Å². The molecular weight excluding hydrogens is 242 g/mol. The molecule has 0 saturated heterocycles. The SMILES string of the molecule is CC(C)(C)[C@@H](O)C[C@](C)(C#N)Sc1ccccc1. The van der Waals surface area contributed by atoms with E-state index in [0.717, 1.165) is 4.90 Å². The number of hydrogen-bond donors (Lipinski definition) is 1. The molecule has 98 valence electrons. The molecule has 0 aliphatic rings. The summed E-state index contributed by atoms with van der Waals surface area (Å²) in [6.45, 7) is 7.85. The van der Waals surface area contributed by atoms with E-state index < -0.39 is 10.9 Å². The Morgan fingerprint density at radius 2 is 1.78 bits per heavy atom. The fraction of sp³-hybridized carbons (Fsp3) is 0.533. The monoisotopic (exact) mass is 263 g/mol. The third kappa shape index (κ3) is 4.36. The van der Waals surface area contributed by atoms with Crippen molar-refractivity contribution in [1.29, 1.82) is 5.26 Å². The lowest BCUT2D eigenvalue weighted by molar-refractivity contribution is 0.0519. The van der Waals surface area contributed by atoms with Crippen LogP contribution in [0, 0.1) is 16.7 Å². The van der Waals surface area contributed by atoms with Gasteiger partial charge in [0.05, 0.1) is 12.2 Å². The molecule has 0 bridgehead atoms. The highest BCUT2D eigenvalue weighted by atomic mass is 32.2. The fourth-order valence-corrected chi connectivity index (χ4v) is 2.63. The number of thioether (sulfide) groups is 1. The van der Waals surface area contributed by atoms with Crippen molar-refractivity contribution >= 4 is 11.8 Å². The highest BCUT2D eigenvalue weighted by Crippen LogP contribution is 2.38. The molecule has 0 heterocycles. The number of benzene rings is 1. The maximum Gasteiger partial charge on any atom is 0.107 e. The maximum atomic E-state index is 10.2. The lowest BCUT2D eigenvalue weighted by atomic mass is 9.84. The first kappa shape index (κ1) is 15.1. The third-order valence-corrected chi connectivity index (χ3v) is 4.12. The van der Waals surface area contributed by atoms with Crippen LogP contribution in [0.25, 0.3) is 0 Å². The summed E-state index contributed by atoms with van der Waals surface area (Å²) in [6, 6.07) is 12.2. The first-order valence-corrected chi connectivity index (χ1v) is 6.92. The van der Waals surface area contributed by atoms with Gasteiger partial charge >= 0.3 is 0 Å². The Hall–Kier alpha value is -0.980. The van der Waals surface area contributed by atoms with Crippen LogP contribution in [-0.4, -0.2) is 16.0 Å². The zero-order chi connectivity index (χ0) is 13.8. The molecule has 0 saturated carbocycles. The summed E-state index contributed by atoms with van der Waals surface area (Å²) in [7, 11) is 0. The Kier molecular flexibility index (Phi) is 4.84. The summed E-state index contributed by atoms with van der Waals surface area (Å²) in [5, 5.41) is 19.5. The molecule has 0 fully saturated rings. The maximum absolute atomic E-state index is 10.2. The van der Waals surface area contributed by atoms with Crippen molar-refractivity contribution in [2.24, 2.45) is 5.41 Å². The van der Waals surface area contributed by atoms with Gasteiger partial charge in [0, 0.05) is 11.3 Å². The van der Waals surface area contributed by atoms with Crippen LogP contribution in [0.5, 0.6) is 0 Å². The van der Waals surface area contributed by atoms with Gasteiger partial charge in [0.1, 0.15) is 4.75 Å². The molecule has 0 radical (unpaired) electrons. The Labute approximate surface area is 114 Å². The van der Waals surface area contributed by atoms with Gasteiger partial charge in [0.15, 0.2) is 0 Å². The Morgan fingerprint density at radius 3 is 2.22 bits per heavy atom. The van der Waals surface area contributed by atoms with Crippen LogP contribution in [0.4, 0.5) is 0 Å². The first-order valence-electron chi connectivity index (χ1n) is 6.10. The van der Waals surface area contributed by atoms with Crippen molar-refractivity contribution in [3.8, 4) is 6.07 Å². The standard InChI is InChI=1S/C15H21NOS/c1-14(2,3)13(17)10-15(4,11-16)18-12-8-6-5-7-9-12/h5-9,13,17H,10H2,1-4H3/t13-,15+/m0/s1. The van der Waals surface area contributed by atoms with Crippen LogP contribution in [0.2, 0.25) is 0 Å². The number of nitrogens with zero attached hydrogens (tertiary/aromatic N) is 1. The quantitative estimate of drug-likeness (QED) is 0.839. The number of aliphatic hydroxyl groups excluding tert-OH is 1. The minimum Gasteiger partial charge on any atom is -0.392 e. The molecule has 0 aromatic heterocycles. The zero-order valence-corrected chi connectivity index (χ0v) is 12.3. The second-order valence-electron chi connectivity index (χ2n) is 5.84. The number of rotatable bonds is 4. The molecule has 1 N–H and O–H groups in total. The smallest absolute Gasteiger partial charge is 0.107 e. The summed E-state index contributed by atoms with van der Waals surface area (Å²) in [4.78, 5) is 1.06. The highest BCUT2D eigenvalue weighted by molar-refractivity contribution is 8.01. The van der Waals surface area contributed by atoms with Crippen molar-refractivity contribution in [1.82, 2.24) is 0 Å². The number of aliphatic hydroxyl groups is 1. The Bertz CT molecular complexity index is 418. The van der Waals surface area contributed by atoms with Crippen LogP contribution in [0.15, 0.2) is 35.2 Å². The minimum absolute atomic E-state index is 0.199. The summed E-state index contributed by atoms with van der Waals surface area (Å²) < 4.78 is -0.603. The first-order chi connectivity index (χ1) is 8.27. The molecule has 0 amide bonds. The zero-order valence-electron chi connectivity index (χ0n) is 11.5. The van der Waals surface area contributed by atoms with Crippen molar-refractivity contribution in [3.63, 3.8) is 0 Å². The van der Waals surface area contributed by atoms with Gasteiger partial charge < -0.3 is 5.11 Å². The molecule has 0 unspecified atom stereocenters. The van der Waals surface area contributed by atoms with E-state index in [1.54, 1.807) is 0 Å². The second-order valence-corrected chi connectivity index (χ2v) is 7.42. The molecule has 1 aromatic carbocycles. The molecule has 2 nitrogen and oxygen atoms in total. The highest BCUT2D eigenvalue weighted by Gasteiger charge is 2.33. The molecular formula is C15H21NOS. The topological polar surface area (TPSA) is 44.0 Å². The van der Waals surface area contributed by atoms with Gasteiger partial charge in [-0.3, -0.25) is 0 Å². The molecule has 1 rings (SSSR count). The summed E-state index contributed by atoms with van der Waals surface area (Å²) in [6.07, 6.45) is -0.0228. The van der Waals surface area contributed by atoms with E-state index in [2.05, 4.69) is 6.07 Å². The lowest BCUT2D eigenvalue weighted by Gasteiger charge is -2.31. The van der Waals surface area contributed by atoms with Crippen molar-refractivity contribution in [2.75, 3.05) is 0 Å². The van der Waals surface area contributed by atoms with Crippen LogP contribution in [-0.2, 0) is 0 Å². The summed E-state index contributed by atoms with van der Waals surface area (Å²) in [5.74, 6) is 0. The van der Waals surface area contributed by atoms with Crippen molar-refractivity contribution < 1.29 is 5.11 Å². The fourth-order valence-electron chi connectivity index (χ4n) is 1.53. The molecule has 1 aromatic rings. The molecule has 0 spiro atoms. The average molecular weight is 263 g/mol. The van der Waals surface area contributed by atoms with Gasteiger partial charge in [-0.2, -0.15) is 5.26 Å². The second kappa shape index (κ2) is 5.77. The third-order valence-electron chi connectivity index (χ3n) is 2.91. The molecule has 0 aliphatic heterocycles. The lowest BCUT2D eigenvalue weighted by Crippen LogP contribution is -2.33.